The number of nitrogens with one attached hydrogen (secondary N) is 2. The van der Waals surface area contributed by atoms with Crippen LogP contribution in [0.1, 0.15) is 27.4 Å². The molecule has 3 aliphatic carbocycles. The Balaban J connectivity index is 1.66. The van der Waals surface area contributed by atoms with Gasteiger partial charge in [-0.3, -0.25) is 25.2 Å². The molecule has 122 valence electrons. The number of allylic oxidation sites excluding steroid dienone is 2. The van der Waals surface area contributed by atoms with Crippen LogP contribution in [0.3, 0.4) is 0 Å². The summed E-state index contributed by atoms with van der Waals surface area (Å²) in [7, 11) is 0. The number of carbonyl (C=O) groups excluding carboxylic acids is 2. The van der Waals surface area contributed by atoms with Crippen molar-refractivity contribution in [2.45, 2.75) is 19.8 Å². The first-order chi connectivity index (χ1) is 11.0. The first kappa shape index (κ1) is 15.7. The van der Waals surface area contributed by atoms with Crippen molar-refractivity contribution in [3.8, 4) is 0 Å². The van der Waals surface area contributed by atoms with Crippen LogP contribution in [0.2, 0.25) is 0 Å². The molecule has 4 rings (SSSR count). The predicted octanol–water partition coefficient (Wildman–Crippen LogP) is 1.73. The molecule has 0 spiro atoms. The van der Waals surface area contributed by atoms with Crippen LogP contribution in [0.15, 0.2) is 24.3 Å². The van der Waals surface area contributed by atoms with E-state index >= 15 is 0 Å². The van der Waals surface area contributed by atoms with Crippen molar-refractivity contribution in [2.75, 3.05) is 0 Å². The zero-order valence-electron chi connectivity index (χ0n) is 12.6. The summed E-state index contributed by atoms with van der Waals surface area (Å²) >= 11 is 1.33. The maximum atomic E-state index is 12.4. The number of carboxylic acid groups (broad SMARTS) is 1. The molecule has 1 heterocycles. The number of hydrogen-bond donors (Lipinski definition) is 3. The van der Waals surface area contributed by atoms with E-state index in [-0.39, 0.29) is 17.7 Å². The number of carbonyl (C=O) groups is 3. The van der Waals surface area contributed by atoms with Crippen LogP contribution >= 0.6 is 11.3 Å². The third-order valence-electron chi connectivity index (χ3n) is 4.60. The van der Waals surface area contributed by atoms with Gasteiger partial charge in [0, 0.05) is 4.88 Å². The summed E-state index contributed by atoms with van der Waals surface area (Å²) in [5.74, 6) is -3.32. The molecule has 1 aromatic heterocycles. The SMILES string of the molecule is Cc1ccc(C(=O)NNC(=O)[C@H]2[C@@H](C(=O)O)[C@H]3C=C[C@H]2CC3)s1. The highest BCUT2D eigenvalue weighted by atomic mass is 32.1. The monoisotopic (exact) mass is 334 g/mol. The maximum absolute atomic E-state index is 12.4. The van der Waals surface area contributed by atoms with Gasteiger partial charge in [-0.05, 0) is 43.7 Å². The molecule has 1 aromatic rings. The van der Waals surface area contributed by atoms with Gasteiger partial charge in [0.05, 0.1) is 16.7 Å². The largest absolute Gasteiger partial charge is 0.481 e. The predicted molar refractivity (Wildman–Crippen MR) is 84.6 cm³/mol. The molecule has 3 aliphatic rings. The zero-order chi connectivity index (χ0) is 16.6. The first-order valence-corrected chi connectivity index (χ1v) is 8.37. The second-order valence-corrected chi connectivity index (χ2v) is 7.32. The Morgan fingerprint density at radius 3 is 2.26 bits per heavy atom. The van der Waals surface area contributed by atoms with Crippen molar-refractivity contribution < 1.29 is 19.5 Å². The topological polar surface area (TPSA) is 95.5 Å². The van der Waals surface area contributed by atoms with Crippen LogP contribution in [0.25, 0.3) is 0 Å². The van der Waals surface area contributed by atoms with Crippen LogP contribution in [0.4, 0.5) is 0 Å². The first-order valence-electron chi connectivity index (χ1n) is 7.55. The van der Waals surface area contributed by atoms with Crippen molar-refractivity contribution in [1.29, 1.82) is 0 Å². The molecule has 0 aliphatic heterocycles. The van der Waals surface area contributed by atoms with Crippen LogP contribution in [-0.4, -0.2) is 22.9 Å². The minimum absolute atomic E-state index is 0.0815. The van der Waals surface area contributed by atoms with E-state index in [1.807, 2.05) is 25.1 Å². The minimum Gasteiger partial charge on any atom is -0.481 e. The quantitative estimate of drug-likeness (QED) is 0.579. The van der Waals surface area contributed by atoms with Crippen LogP contribution in [-0.2, 0) is 9.59 Å². The molecule has 0 saturated heterocycles. The zero-order valence-corrected chi connectivity index (χ0v) is 13.4. The second-order valence-electron chi connectivity index (χ2n) is 6.03. The second kappa shape index (κ2) is 6.16. The number of aryl methyl sites for hydroxylation is 1. The van der Waals surface area contributed by atoms with E-state index in [0.717, 1.165) is 17.7 Å². The number of hydrogen-bond acceptors (Lipinski definition) is 4. The van der Waals surface area contributed by atoms with Gasteiger partial charge in [-0.15, -0.1) is 11.3 Å². The van der Waals surface area contributed by atoms with E-state index in [1.165, 1.54) is 11.3 Å². The summed E-state index contributed by atoms with van der Waals surface area (Å²) in [5, 5.41) is 9.44. The van der Waals surface area contributed by atoms with Gasteiger partial charge in [-0.25, -0.2) is 0 Å². The summed E-state index contributed by atoms with van der Waals surface area (Å²) in [6, 6.07) is 3.51. The van der Waals surface area contributed by atoms with Crippen LogP contribution in [0.5, 0.6) is 0 Å². The number of amides is 2. The maximum Gasteiger partial charge on any atom is 0.307 e. The van der Waals surface area contributed by atoms with E-state index in [2.05, 4.69) is 10.9 Å². The van der Waals surface area contributed by atoms with Gasteiger partial charge in [0.15, 0.2) is 0 Å². The molecule has 23 heavy (non-hydrogen) atoms. The Morgan fingerprint density at radius 1 is 1.09 bits per heavy atom. The van der Waals surface area contributed by atoms with Crippen molar-refractivity contribution in [1.82, 2.24) is 10.9 Å². The molecule has 4 atom stereocenters. The van der Waals surface area contributed by atoms with Gasteiger partial charge >= 0.3 is 5.97 Å². The van der Waals surface area contributed by atoms with E-state index < -0.39 is 23.7 Å². The van der Waals surface area contributed by atoms with E-state index in [1.54, 1.807) is 6.07 Å². The summed E-state index contributed by atoms with van der Waals surface area (Å²) in [5.41, 5.74) is 4.78. The summed E-state index contributed by atoms with van der Waals surface area (Å²) in [6.45, 7) is 1.89. The van der Waals surface area contributed by atoms with E-state index in [0.29, 0.717) is 4.88 Å². The molecular formula is C16H18N2O4S. The number of aliphatic carboxylic acids is 1. The molecule has 2 bridgehead atoms. The molecule has 3 N–H and O–H groups in total. The van der Waals surface area contributed by atoms with Crippen molar-refractivity contribution >= 4 is 29.1 Å². The highest BCUT2D eigenvalue weighted by Gasteiger charge is 2.48. The van der Waals surface area contributed by atoms with Crippen molar-refractivity contribution in [2.24, 2.45) is 23.7 Å². The molecular weight excluding hydrogens is 316 g/mol. The molecule has 2 amide bonds. The molecule has 1 fully saturated rings. The molecule has 0 aromatic carbocycles. The minimum atomic E-state index is -0.954. The lowest BCUT2D eigenvalue weighted by atomic mass is 9.62. The fourth-order valence-corrected chi connectivity index (χ4v) is 4.27. The lowest BCUT2D eigenvalue weighted by Gasteiger charge is -2.41. The van der Waals surface area contributed by atoms with Gasteiger partial charge in [0.25, 0.3) is 5.91 Å². The Labute approximate surface area is 137 Å². The Morgan fingerprint density at radius 2 is 1.74 bits per heavy atom. The van der Waals surface area contributed by atoms with Crippen molar-refractivity contribution in [3.63, 3.8) is 0 Å². The Kier molecular flexibility index (Phi) is 4.21. The molecule has 0 unspecified atom stereocenters. The Bertz CT molecular complexity index is 681. The molecule has 7 heteroatoms. The van der Waals surface area contributed by atoms with E-state index in [4.69, 9.17) is 0 Å². The van der Waals surface area contributed by atoms with Crippen LogP contribution < -0.4 is 10.9 Å². The van der Waals surface area contributed by atoms with Gasteiger partial charge < -0.3 is 5.11 Å². The number of hydrazine groups is 1. The van der Waals surface area contributed by atoms with Crippen LogP contribution in [0, 0.1) is 30.6 Å². The number of fused-ring (bicyclic) bond motifs is 2. The lowest BCUT2D eigenvalue weighted by molar-refractivity contribution is -0.153. The fraction of sp³-hybridized carbons (Fsp3) is 0.438. The third kappa shape index (κ3) is 3.01. The third-order valence-corrected chi connectivity index (χ3v) is 5.60. The lowest BCUT2D eigenvalue weighted by Crippen LogP contribution is -2.52. The smallest absolute Gasteiger partial charge is 0.307 e. The number of rotatable bonds is 3. The molecule has 6 nitrogen and oxygen atoms in total. The van der Waals surface area contributed by atoms with Gasteiger partial charge in [0.2, 0.25) is 5.91 Å². The summed E-state index contributed by atoms with van der Waals surface area (Å²) in [6.07, 6.45) is 5.44. The Hall–Kier alpha value is -2.15. The number of thiophene rings is 1. The fourth-order valence-electron chi connectivity index (χ4n) is 3.51. The van der Waals surface area contributed by atoms with Gasteiger partial charge in [0.1, 0.15) is 0 Å². The number of carboxylic acids is 1. The highest BCUT2D eigenvalue weighted by molar-refractivity contribution is 7.13. The van der Waals surface area contributed by atoms with E-state index in [9.17, 15) is 19.5 Å². The van der Waals surface area contributed by atoms with Crippen molar-refractivity contribution in [3.05, 3.63) is 34.0 Å². The summed E-state index contributed by atoms with van der Waals surface area (Å²) < 4.78 is 0. The van der Waals surface area contributed by atoms with Gasteiger partial charge in [-0.2, -0.15) is 0 Å². The molecule has 0 radical (unpaired) electrons. The normalized spacial score (nSPS) is 28.4. The van der Waals surface area contributed by atoms with Gasteiger partial charge in [-0.1, -0.05) is 12.2 Å². The average molecular weight is 334 g/mol. The average Bonchev–Trinajstić information content (AvgIpc) is 2.99. The highest BCUT2D eigenvalue weighted by Crippen LogP contribution is 2.44. The standard InChI is InChI=1S/C16H18N2O4S/c1-8-2-7-11(23-8)14(19)17-18-15(20)12-9-3-5-10(6-4-9)13(12)16(21)22/h2-3,5,7,9-10,12-13H,4,6H2,1H3,(H,17,19)(H,18,20)(H,21,22)/t9-,10-,12+,13-/m0/s1. The summed E-state index contributed by atoms with van der Waals surface area (Å²) in [4.78, 5) is 37.4. The molecule has 1 saturated carbocycles.